The fourth-order valence-corrected chi connectivity index (χ4v) is 2.09. The second-order valence-corrected chi connectivity index (χ2v) is 4.57. The van der Waals surface area contributed by atoms with Crippen molar-refractivity contribution in [2.45, 2.75) is 33.4 Å². The van der Waals surface area contributed by atoms with E-state index in [9.17, 15) is 0 Å². The average Bonchev–Trinajstić information content (AvgIpc) is 2.94. The van der Waals surface area contributed by atoms with Crippen LogP contribution in [0.15, 0.2) is 35.5 Å². The molecule has 6 heteroatoms. The van der Waals surface area contributed by atoms with Gasteiger partial charge in [-0.05, 0) is 31.5 Å². The maximum Gasteiger partial charge on any atom is 0.173 e. The number of nitrogens with zero attached hydrogens (tertiary/aromatic N) is 3. The number of amidine groups is 1. The minimum atomic E-state index is 0.0313. The second kappa shape index (κ2) is 6.78. The van der Waals surface area contributed by atoms with Crippen LogP contribution in [0.2, 0.25) is 0 Å². The maximum atomic E-state index is 8.81. The molecular weight excluding hydrogens is 268 g/mol. The third kappa shape index (κ3) is 3.34. The SMILES string of the molecule is CCc1cc(COc2ccccc2C(N)=NO)n(CC)n1. The number of hydrogen-bond donors (Lipinski definition) is 2. The summed E-state index contributed by atoms with van der Waals surface area (Å²) in [6.45, 7) is 5.29. The average molecular weight is 288 g/mol. The Morgan fingerprint density at radius 2 is 2.14 bits per heavy atom. The number of hydrogen-bond acceptors (Lipinski definition) is 4. The molecular formula is C15H20N4O2. The fraction of sp³-hybridized carbons (Fsp3) is 0.333. The fourth-order valence-electron chi connectivity index (χ4n) is 2.09. The van der Waals surface area contributed by atoms with Crippen molar-refractivity contribution in [1.29, 1.82) is 0 Å². The third-order valence-electron chi connectivity index (χ3n) is 3.22. The van der Waals surface area contributed by atoms with E-state index in [0.29, 0.717) is 17.9 Å². The Balaban J connectivity index is 2.19. The van der Waals surface area contributed by atoms with E-state index in [0.717, 1.165) is 24.4 Å². The van der Waals surface area contributed by atoms with Crippen molar-refractivity contribution in [3.63, 3.8) is 0 Å². The summed E-state index contributed by atoms with van der Waals surface area (Å²) in [5, 5.41) is 16.3. The van der Waals surface area contributed by atoms with E-state index in [1.54, 1.807) is 12.1 Å². The van der Waals surface area contributed by atoms with Gasteiger partial charge < -0.3 is 15.7 Å². The molecule has 0 bridgehead atoms. The highest BCUT2D eigenvalue weighted by atomic mass is 16.5. The van der Waals surface area contributed by atoms with Crippen LogP contribution in [0.25, 0.3) is 0 Å². The highest BCUT2D eigenvalue weighted by Gasteiger charge is 2.10. The first-order valence-electron chi connectivity index (χ1n) is 6.94. The quantitative estimate of drug-likeness (QED) is 0.369. The van der Waals surface area contributed by atoms with Gasteiger partial charge in [-0.2, -0.15) is 5.10 Å². The summed E-state index contributed by atoms with van der Waals surface area (Å²) in [5.74, 6) is 0.610. The van der Waals surface area contributed by atoms with Gasteiger partial charge in [-0.3, -0.25) is 4.68 Å². The van der Waals surface area contributed by atoms with Gasteiger partial charge in [0.05, 0.1) is 17.0 Å². The van der Waals surface area contributed by atoms with Crippen LogP contribution in [0.5, 0.6) is 5.75 Å². The van der Waals surface area contributed by atoms with Crippen LogP contribution in [0.1, 0.15) is 30.8 Å². The minimum Gasteiger partial charge on any atom is -0.487 e. The Labute approximate surface area is 123 Å². The topological polar surface area (TPSA) is 85.7 Å². The number of oxime groups is 1. The normalized spacial score (nSPS) is 11.6. The molecule has 1 aromatic heterocycles. The molecule has 1 heterocycles. The van der Waals surface area contributed by atoms with Crippen molar-refractivity contribution in [3.8, 4) is 5.75 Å². The van der Waals surface area contributed by atoms with E-state index in [-0.39, 0.29) is 5.84 Å². The monoisotopic (exact) mass is 288 g/mol. The Bertz CT molecular complexity index is 634. The van der Waals surface area contributed by atoms with Crippen molar-refractivity contribution < 1.29 is 9.94 Å². The molecule has 0 amide bonds. The molecule has 0 aliphatic rings. The number of aryl methyl sites for hydroxylation is 2. The first-order chi connectivity index (χ1) is 10.2. The Hall–Kier alpha value is -2.50. The number of aromatic nitrogens is 2. The first-order valence-corrected chi connectivity index (χ1v) is 6.94. The second-order valence-electron chi connectivity index (χ2n) is 4.57. The van der Waals surface area contributed by atoms with Crippen LogP contribution < -0.4 is 10.5 Å². The lowest BCUT2D eigenvalue weighted by Gasteiger charge is -2.11. The van der Waals surface area contributed by atoms with Gasteiger partial charge in [0.1, 0.15) is 12.4 Å². The van der Waals surface area contributed by atoms with Crippen molar-refractivity contribution in [2.24, 2.45) is 10.9 Å². The van der Waals surface area contributed by atoms with Crippen molar-refractivity contribution in [2.75, 3.05) is 0 Å². The number of para-hydroxylation sites is 1. The molecule has 0 aliphatic heterocycles. The standard InChI is InChI=1S/C15H20N4O2/c1-3-11-9-12(19(4-2)17-11)10-21-14-8-6-5-7-13(14)15(16)18-20/h5-9,20H,3-4,10H2,1-2H3,(H2,16,18). The summed E-state index contributed by atoms with van der Waals surface area (Å²) in [4.78, 5) is 0. The predicted octanol–water partition coefficient (Wildman–Crippen LogP) is 2.14. The van der Waals surface area contributed by atoms with E-state index >= 15 is 0 Å². The molecule has 2 rings (SSSR count). The van der Waals surface area contributed by atoms with E-state index in [2.05, 4.69) is 17.2 Å². The maximum absolute atomic E-state index is 8.81. The number of ether oxygens (including phenoxy) is 1. The molecule has 0 fully saturated rings. The van der Waals surface area contributed by atoms with Crippen LogP contribution in [-0.4, -0.2) is 20.8 Å². The van der Waals surface area contributed by atoms with E-state index in [1.165, 1.54) is 0 Å². The van der Waals surface area contributed by atoms with Gasteiger partial charge in [-0.15, -0.1) is 0 Å². The predicted molar refractivity (Wildman–Crippen MR) is 80.6 cm³/mol. The van der Waals surface area contributed by atoms with Gasteiger partial charge in [0.15, 0.2) is 5.84 Å². The van der Waals surface area contributed by atoms with Crippen LogP contribution in [-0.2, 0) is 19.6 Å². The van der Waals surface area contributed by atoms with E-state index in [1.807, 2.05) is 29.8 Å². The van der Waals surface area contributed by atoms with E-state index in [4.69, 9.17) is 15.7 Å². The molecule has 1 aromatic carbocycles. The summed E-state index contributed by atoms with van der Waals surface area (Å²) in [5.41, 5.74) is 8.26. The summed E-state index contributed by atoms with van der Waals surface area (Å²) in [6.07, 6.45) is 0.890. The molecule has 6 nitrogen and oxygen atoms in total. The molecule has 0 aliphatic carbocycles. The largest absolute Gasteiger partial charge is 0.487 e. The summed E-state index contributed by atoms with van der Waals surface area (Å²) in [7, 11) is 0. The van der Waals surface area contributed by atoms with Gasteiger partial charge in [-0.25, -0.2) is 0 Å². The zero-order chi connectivity index (χ0) is 15.2. The Morgan fingerprint density at radius 3 is 2.81 bits per heavy atom. The lowest BCUT2D eigenvalue weighted by Crippen LogP contribution is -2.15. The molecule has 21 heavy (non-hydrogen) atoms. The molecule has 0 unspecified atom stereocenters. The molecule has 0 saturated carbocycles. The lowest BCUT2D eigenvalue weighted by atomic mass is 10.2. The van der Waals surface area contributed by atoms with Crippen molar-refractivity contribution in [1.82, 2.24) is 9.78 Å². The van der Waals surface area contributed by atoms with Crippen LogP contribution >= 0.6 is 0 Å². The Morgan fingerprint density at radius 1 is 1.38 bits per heavy atom. The van der Waals surface area contributed by atoms with Gasteiger partial charge >= 0.3 is 0 Å². The molecule has 0 atom stereocenters. The highest BCUT2D eigenvalue weighted by molar-refractivity contribution is 5.99. The summed E-state index contributed by atoms with van der Waals surface area (Å²) < 4.78 is 7.74. The van der Waals surface area contributed by atoms with Crippen molar-refractivity contribution >= 4 is 5.84 Å². The van der Waals surface area contributed by atoms with Crippen LogP contribution in [0.4, 0.5) is 0 Å². The molecule has 0 spiro atoms. The van der Waals surface area contributed by atoms with Gasteiger partial charge in [-0.1, -0.05) is 24.2 Å². The summed E-state index contributed by atoms with van der Waals surface area (Å²) >= 11 is 0. The van der Waals surface area contributed by atoms with Crippen LogP contribution in [0.3, 0.4) is 0 Å². The smallest absolute Gasteiger partial charge is 0.173 e. The minimum absolute atomic E-state index is 0.0313. The van der Waals surface area contributed by atoms with Crippen molar-refractivity contribution in [3.05, 3.63) is 47.3 Å². The van der Waals surface area contributed by atoms with E-state index < -0.39 is 0 Å². The molecule has 112 valence electrons. The zero-order valence-corrected chi connectivity index (χ0v) is 12.3. The number of nitrogens with two attached hydrogens (primary N) is 1. The number of rotatable bonds is 6. The van der Waals surface area contributed by atoms with Crippen LogP contribution in [0, 0.1) is 0 Å². The molecule has 2 aromatic rings. The Kier molecular flexibility index (Phi) is 4.81. The molecule has 3 N–H and O–H groups in total. The lowest BCUT2D eigenvalue weighted by molar-refractivity contribution is 0.290. The van der Waals surface area contributed by atoms with Gasteiger partial charge in [0, 0.05) is 6.54 Å². The summed E-state index contributed by atoms with van der Waals surface area (Å²) in [6, 6.07) is 9.24. The zero-order valence-electron chi connectivity index (χ0n) is 12.3. The first kappa shape index (κ1) is 14.9. The third-order valence-corrected chi connectivity index (χ3v) is 3.22. The highest BCUT2D eigenvalue weighted by Crippen LogP contribution is 2.19. The van der Waals surface area contributed by atoms with Gasteiger partial charge in [0.2, 0.25) is 0 Å². The molecule has 0 saturated heterocycles. The molecule has 0 radical (unpaired) electrons. The number of benzene rings is 1. The van der Waals surface area contributed by atoms with Gasteiger partial charge in [0.25, 0.3) is 0 Å².